The highest BCUT2D eigenvalue weighted by molar-refractivity contribution is 5.76. The van der Waals surface area contributed by atoms with E-state index in [-0.39, 0.29) is 5.78 Å². The Morgan fingerprint density at radius 1 is 1.26 bits per heavy atom. The van der Waals surface area contributed by atoms with Gasteiger partial charge in [-0.3, -0.25) is 0 Å². The predicted octanol–water partition coefficient (Wildman–Crippen LogP) is 5.04. The van der Waals surface area contributed by atoms with Gasteiger partial charge < -0.3 is 4.79 Å². The molecule has 0 aromatic heterocycles. The Kier molecular flexibility index (Phi) is 7.57. The Morgan fingerprint density at radius 2 is 2.00 bits per heavy atom. The molecule has 0 heterocycles. The number of hydrogen-bond donors (Lipinski definition) is 0. The summed E-state index contributed by atoms with van der Waals surface area (Å²) in [5.74, 6) is 0.633. The van der Waals surface area contributed by atoms with Crippen LogP contribution >= 0.6 is 0 Å². The van der Waals surface area contributed by atoms with Gasteiger partial charge in [0, 0.05) is 6.42 Å². The molecule has 0 aliphatic heterocycles. The van der Waals surface area contributed by atoms with Crippen LogP contribution in [0.15, 0.2) is 49.1 Å². The van der Waals surface area contributed by atoms with Crippen LogP contribution in [-0.4, -0.2) is 5.78 Å². The summed E-state index contributed by atoms with van der Waals surface area (Å²) in [5.41, 5.74) is 1.20. The highest BCUT2D eigenvalue weighted by atomic mass is 16.1. The van der Waals surface area contributed by atoms with Crippen molar-refractivity contribution in [3.63, 3.8) is 0 Å². The summed E-state index contributed by atoms with van der Waals surface area (Å²) in [4.78, 5) is 11.3. The third kappa shape index (κ3) is 7.40. The molecule has 1 heteroatoms. The van der Waals surface area contributed by atoms with Gasteiger partial charge in [0.25, 0.3) is 0 Å². The van der Waals surface area contributed by atoms with Gasteiger partial charge in [-0.05, 0) is 37.7 Å². The number of carbonyl (C=O) groups excluding carboxylic acids is 1. The molecule has 0 radical (unpaired) electrons. The van der Waals surface area contributed by atoms with Crippen molar-refractivity contribution >= 4 is 11.9 Å². The molecule has 0 N–H and O–H groups in total. The second kappa shape index (κ2) is 9.32. The summed E-state index contributed by atoms with van der Waals surface area (Å²) < 4.78 is 0. The molecular formula is C18H24O. The third-order valence-electron chi connectivity index (χ3n) is 3.14. The van der Waals surface area contributed by atoms with Gasteiger partial charge in [0.1, 0.15) is 5.78 Å². The van der Waals surface area contributed by atoms with Crippen molar-refractivity contribution in [2.24, 2.45) is 5.92 Å². The van der Waals surface area contributed by atoms with Crippen LogP contribution in [0.3, 0.4) is 0 Å². The number of ketones is 1. The van der Waals surface area contributed by atoms with Crippen LogP contribution in [0.25, 0.3) is 6.08 Å². The molecule has 0 saturated carbocycles. The predicted molar refractivity (Wildman–Crippen MR) is 82.9 cm³/mol. The van der Waals surface area contributed by atoms with Gasteiger partial charge in [0.2, 0.25) is 0 Å². The number of hydrogen-bond acceptors (Lipinski definition) is 1. The van der Waals surface area contributed by atoms with E-state index in [4.69, 9.17) is 0 Å². The normalized spacial score (nSPS) is 12.5. The SMILES string of the molecule is C=CCCCC[C@H](/C=C/c1ccccc1)CC(C)=O. The minimum atomic E-state index is 0.270. The number of Topliss-reactive ketones (excluding diaryl/α,β-unsaturated/α-hetero) is 1. The van der Waals surface area contributed by atoms with E-state index in [1.54, 1.807) is 6.92 Å². The highest BCUT2D eigenvalue weighted by Gasteiger charge is 2.07. The molecule has 0 aliphatic rings. The minimum absolute atomic E-state index is 0.270. The van der Waals surface area contributed by atoms with E-state index in [0.717, 1.165) is 25.7 Å². The lowest BCUT2D eigenvalue weighted by Gasteiger charge is -2.10. The summed E-state index contributed by atoms with van der Waals surface area (Å²) in [7, 11) is 0. The first-order chi connectivity index (χ1) is 9.22. The first-order valence-corrected chi connectivity index (χ1v) is 7.06. The van der Waals surface area contributed by atoms with Crippen molar-refractivity contribution < 1.29 is 4.79 Å². The van der Waals surface area contributed by atoms with E-state index in [9.17, 15) is 4.79 Å². The van der Waals surface area contributed by atoms with E-state index in [2.05, 4.69) is 30.9 Å². The molecule has 1 rings (SSSR count). The van der Waals surface area contributed by atoms with Crippen LogP contribution in [-0.2, 0) is 4.79 Å². The molecule has 102 valence electrons. The van der Waals surface area contributed by atoms with Crippen LogP contribution in [0, 0.1) is 5.92 Å². The average molecular weight is 256 g/mol. The van der Waals surface area contributed by atoms with Gasteiger partial charge in [-0.1, -0.05) is 55.0 Å². The van der Waals surface area contributed by atoms with Gasteiger partial charge in [-0.15, -0.1) is 6.58 Å². The Labute approximate surface area is 117 Å². The second-order valence-electron chi connectivity index (χ2n) is 5.01. The molecule has 0 fully saturated rings. The van der Waals surface area contributed by atoms with E-state index in [1.165, 1.54) is 5.56 Å². The molecule has 1 atom stereocenters. The van der Waals surface area contributed by atoms with Crippen molar-refractivity contribution in [2.45, 2.75) is 39.0 Å². The zero-order valence-corrected chi connectivity index (χ0v) is 11.8. The van der Waals surface area contributed by atoms with Crippen molar-refractivity contribution in [3.8, 4) is 0 Å². The molecule has 1 nitrogen and oxygen atoms in total. The lowest BCUT2D eigenvalue weighted by molar-refractivity contribution is -0.117. The molecule has 1 aromatic rings. The minimum Gasteiger partial charge on any atom is -0.300 e. The van der Waals surface area contributed by atoms with Crippen LogP contribution in [0.1, 0.15) is 44.6 Å². The molecule has 0 amide bonds. The van der Waals surface area contributed by atoms with Gasteiger partial charge in [0.05, 0.1) is 0 Å². The molecule has 0 saturated heterocycles. The maximum absolute atomic E-state index is 11.3. The van der Waals surface area contributed by atoms with Gasteiger partial charge in [-0.25, -0.2) is 0 Å². The molecule has 0 bridgehead atoms. The summed E-state index contributed by atoms with van der Waals surface area (Å²) in [6, 6.07) is 10.2. The maximum atomic E-state index is 11.3. The Morgan fingerprint density at radius 3 is 2.63 bits per heavy atom. The van der Waals surface area contributed by atoms with Crippen LogP contribution < -0.4 is 0 Å². The molecular weight excluding hydrogens is 232 g/mol. The quantitative estimate of drug-likeness (QED) is 0.447. The van der Waals surface area contributed by atoms with Crippen LogP contribution in [0.5, 0.6) is 0 Å². The number of rotatable bonds is 9. The van der Waals surface area contributed by atoms with Gasteiger partial charge in [-0.2, -0.15) is 0 Å². The van der Waals surface area contributed by atoms with Crippen LogP contribution in [0.4, 0.5) is 0 Å². The van der Waals surface area contributed by atoms with Crippen LogP contribution in [0.2, 0.25) is 0 Å². The van der Waals surface area contributed by atoms with E-state index in [1.807, 2.05) is 24.3 Å². The van der Waals surface area contributed by atoms with Crippen molar-refractivity contribution in [3.05, 3.63) is 54.6 Å². The topological polar surface area (TPSA) is 17.1 Å². The monoisotopic (exact) mass is 256 g/mol. The average Bonchev–Trinajstić information content (AvgIpc) is 2.41. The zero-order valence-electron chi connectivity index (χ0n) is 11.8. The number of allylic oxidation sites excluding steroid dienone is 2. The van der Waals surface area contributed by atoms with E-state index in [0.29, 0.717) is 12.3 Å². The summed E-state index contributed by atoms with van der Waals surface area (Å²) in [5, 5.41) is 0. The smallest absolute Gasteiger partial charge is 0.130 e. The van der Waals surface area contributed by atoms with Gasteiger partial charge >= 0.3 is 0 Å². The van der Waals surface area contributed by atoms with Gasteiger partial charge in [0.15, 0.2) is 0 Å². The van der Waals surface area contributed by atoms with E-state index >= 15 is 0 Å². The van der Waals surface area contributed by atoms with E-state index < -0.39 is 0 Å². The molecule has 19 heavy (non-hydrogen) atoms. The lowest BCUT2D eigenvalue weighted by atomic mass is 9.95. The van der Waals surface area contributed by atoms with Crippen molar-refractivity contribution in [1.82, 2.24) is 0 Å². The molecule has 1 aromatic carbocycles. The first-order valence-electron chi connectivity index (χ1n) is 7.06. The summed E-state index contributed by atoms with van der Waals surface area (Å²) in [6.45, 7) is 5.41. The third-order valence-corrected chi connectivity index (χ3v) is 3.14. The van der Waals surface area contributed by atoms with Crippen molar-refractivity contribution in [2.75, 3.05) is 0 Å². The molecule has 0 spiro atoms. The first kappa shape index (κ1) is 15.4. The largest absolute Gasteiger partial charge is 0.300 e. The zero-order chi connectivity index (χ0) is 13.9. The number of benzene rings is 1. The fraction of sp³-hybridized carbons (Fsp3) is 0.389. The van der Waals surface area contributed by atoms with Crippen molar-refractivity contribution in [1.29, 1.82) is 0 Å². The Bertz CT molecular complexity index is 403. The maximum Gasteiger partial charge on any atom is 0.130 e. The Hall–Kier alpha value is -1.63. The molecule has 0 aliphatic carbocycles. The lowest BCUT2D eigenvalue weighted by Crippen LogP contribution is -2.03. The standard InChI is InChI=1S/C18H24O/c1-3-4-5-7-12-18(15-16(2)19)14-13-17-10-8-6-9-11-17/h3,6,8-11,13-14,18H,1,4-5,7,12,15H2,2H3/b14-13+/t18-/m1/s1. The fourth-order valence-corrected chi connectivity index (χ4v) is 2.14. The second-order valence-corrected chi connectivity index (χ2v) is 5.01. The summed E-state index contributed by atoms with van der Waals surface area (Å²) >= 11 is 0. The highest BCUT2D eigenvalue weighted by Crippen LogP contribution is 2.17. The number of carbonyl (C=O) groups is 1. The molecule has 0 unspecified atom stereocenters. The summed E-state index contributed by atoms with van der Waals surface area (Å²) in [6.07, 6.45) is 11.4. The fourth-order valence-electron chi connectivity index (χ4n) is 2.14. The Balaban J connectivity index is 2.51. The number of unbranched alkanes of at least 4 members (excludes halogenated alkanes) is 2.